The number of nitrogens with one attached hydrogen (secondary N) is 1. The van der Waals surface area contributed by atoms with Crippen molar-refractivity contribution in [2.45, 2.75) is 31.9 Å². The van der Waals surface area contributed by atoms with Gasteiger partial charge in [-0.05, 0) is 50.0 Å². The zero-order chi connectivity index (χ0) is 12.6. The van der Waals surface area contributed by atoms with E-state index in [1.54, 1.807) is 12.4 Å². The molecule has 2 nitrogen and oxygen atoms in total. The Labute approximate surface area is 99.3 Å². The number of unbranched alkanes of at least 4 members (excludes halogenated alkanes) is 1. The minimum absolute atomic E-state index is 0.200. The summed E-state index contributed by atoms with van der Waals surface area (Å²) in [6.45, 7) is 1.43. The highest BCUT2D eigenvalue weighted by Crippen LogP contribution is 2.21. The van der Waals surface area contributed by atoms with Gasteiger partial charge in [0.25, 0.3) is 0 Å². The van der Waals surface area contributed by atoms with Gasteiger partial charge in [-0.3, -0.25) is 4.98 Å². The minimum Gasteiger partial charge on any atom is -0.316 e. The quantitative estimate of drug-likeness (QED) is 0.748. The van der Waals surface area contributed by atoms with Crippen LogP contribution in [0.2, 0.25) is 0 Å². The molecule has 1 heterocycles. The van der Waals surface area contributed by atoms with E-state index in [1.807, 2.05) is 12.1 Å². The van der Waals surface area contributed by atoms with Crippen LogP contribution in [-0.2, 0) is 6.42 Å². The first-order chi connectivity index (χ1) is 8.08. The summed E-state index contributed by atoms with van der Waals surface area (Å²) in [6.07, 6.45) is 0.413. The van der Waals surface area contributed by atoms with Crippen LogP contribution in [0.5, 0.6) is 0 Å². The Kier molecular flexibility index (Phi) is 5.97. The molecule has 1 rings (SSSR count). The molecule has 0 radical (unpaired) electrons. The van der Waals surface area contributed by atoms with E-state index in [0.717, 1.165) is 13.0 Å². The van der Waals surface area contributed by atoms with E-state index in [-0.39, 0.29) is 6.42 Å². The number of hydrogen-bond donors (Lipinski definition) is 1. The van der Waals surface area contributed by atoms with Crippen LogP contribution in [0.3, 0.4) is 0 Å². The highest BCUT2D eigenvalue weighted by Gasteiger charge is 2.25. The summed E-state index contributed by atoms with van der Waals surface area (Å²) < 4.78 is 35.5. The summed E-state index contributed by atoms with van der Waals surface area (Å²) >= 11 is 0. The van der Waals surface area contributed by atoms with Crippen LogP contribution in [0.1, 0.15) is 24.8 Å². The van der Waals surface area contributed by atoms with Crippen LogP contribution in [0.15, 0.2) is 24.5 Å². The number of nitrogens with zero attached hydrogens (tertiary/aromatic N) is 1. The molecule has 0 spiro atoms. The van der Waals surface area contributed by atoms with Crippen molar-refractivity contribution in [3.05, 3.63) is 30.1 Å². The summed E-state index contributed by atoms with van der Waals surface area (Å²) in [4.78, 5) is 3.91. The molecule has 1 aromatic rings. The lowest BCUT2D eigenvalue weighted by Crippen LogP contribution is -2.19. The highest BCUT2D eigenvalue weighted by atomic mass is 19.4. The predicted molar refractivity (Wildman–Crippen MR) is 60.7 cm³/mol. The molecule has 17 heavy (non-hydrogen) atoms. The van der Waals surface area contributed by atoms with Gasteiger partial charge in [0, 0.05) is 18.8 Å². The zero-order valence-corrected chi connectivity index (χ0v) is 9.63. The largest absolute Gasteiger partial charge is 0.389 e. The Morgan fingerprint density at radius 3 is 2.41 bits per heavy atom. The molecule has 0 aliphatic heterocycles. The van der Waals surface area contributed by atoms with E-state index in [0.29, 0.717) is 13.0 Å². The molecular weight excluding hydrogens is 229 g/mol. The fraction of sp³-hybridized carbons (Fsp3) is 0.583. The molecule has 0 aromatic carbocycles. The molecule has 0 aliphatic rings. The van der Waals surface area contributed by atoms with Crippen LogP contribution in [0.25, 0.3) is 0 Å². The van der Waals surface area contributed by atoms with Crippen LogP contribution in [0, 0.1) is 0 Å². The smallest absolute Gasteiger partial charge is 0.316 e. The molecule has 5 heteroatoms. The van der Waals surface area contributed by atoms with Crippen molar-refractivity contribution < 1.29 is 13.2 Å². The van der Waals surface area contributed by atoms with Crippen molar-refractivity contribution in [2.75, 3.05) is 13.1 Å². The van der Waals surface area contributed by atoms with E-state index in [1.165, 1.54) is 5.56 Å². The summed E-state index contributed by atoms with van der Waals surface area (Å²) in [5.74, 6) is 0. The maximum atomic E-state index is 11.8. The van der Waals surface area contributed by atoms with Gasteiger partial charge in [-0.1, -0.05) is 0 Å². The van der Waals surface area contributed by atoms with Gasteiger partial charge in [-0.2, -0.15) is 13.2 Å². The van der Waals surface area contributed by atoms with Gasteiger partial charge in [0.15, 0.2) is 0 Å². The standard InChI is InChI=1S/C12H17F3N2/c13-12(14,15)6-1-2-7-16-8-3-11-4-9-17-10-5-11/h4-5,9-10,16H,1-3,6-8H2. The molecule has 0 amide bonds. The Balaban J connectivity index is 1.95. The number of aromatic nitrogens is 1. The lowest BCUT2D eigenvalue weighted by Gasteiger charge is -2.07. The van der Waals surface area contributed by atoms with Crippen molar-refractivity contribution in [2.24, 2.45) is 0 Å². The topological polar surface area (TPSA) is 24.9 Å². The summed E-state index contributed by atoms with van der Waals surface area (Å²) in [5.41, 5.74) is 1.18. The van der Waals surface area contributed by atoms with Crippen molar-refractivity contribution in [1.82, 2.24) is 10.3 Å². The lowest BCUT2D eigenvalue weighted by molar-refractivity contribution is -0.135. The van der Waals surface area contributed by atoms with Gasteiger partial charge < -0.3 is 5.32 Å². The molecule has 0 atom stereocenters. The molecule has 0 saturated heterocycles. The Hall–Kier alpha value is -1.10. The first-order valence-corrected chi connectivity index (χ1v) is 5.74. The normalized spacial score (nSPS) is 11.7. The molecule has 1 aromatic heterocycles. The third-order valence-corrected chi connectivity index (χ3v) is 2.40. The highest BCUT2D eigenvalue weighted by molar-refractivity contribution is 5.09. The second-order valence-electron chi connectivity index (χ2n) is 3.93. The van der Waals surface area contributed by atoms with Crippen LogP contribution < -0.4 is 5.32 Å². The third-order valence-electron chi connectivity index (χ3n) is 2.40. The average molecular weight is 246 g/mol. The minimum atomic E-state index is -4.02. The van der Waals surface area contributed by atoms with E-state index >= 15 is 0 Å². The second-order valence-corrected chi connectivity index (χ2v) is 3.93. The molecule has 0 fully saturated rings. The summed E-state index contributed by atoms with van der Waals surface area (Å²) in [5, 5.41) is 3.13. The van der Waals surface area contributed by atoms with Gasteiger partial charge in [0.1, 0.15) is 0 Å². The molecule has 96 valence electrons. The molecule has 0 saturated carbocycles. The SMILES string of the molecule is FC(F)(F)CCCCNCCc1ccncc1. The average Bonchev–Trinajstić information content (AvgIpc) is 2.28. The van der Waals surface area contributed by atoms with Crippen molar-refractivity contribution in [3.63, 3.8) is 0 Å². The van der Waals surface area contributed by atoms with Crippen LogP contribution in [0.4, 0.5) is 13.2 Å². The Bertz CT molecular complexity index is 298. The number of rotatable bonds is 7. The monoisotopic (exact) mass is 246 g/mol. The number of pyridine rings is 1. The number of halogens is 3. The molecule has 0 unspecified atom stereocenters. The van der Waals surface area contributed by atoms with E-state index in [2.05, 4.69) is 10.3 Å². The number of alkyl halides is 3. The predicted octanol–water partition coefficient (Wildman–Crippen LogP) is 2.95. The van der Waals surface area contributed by atoms with Crippen LogP contribution >= 0.6 is 0 Å². The van der Waals surface area contributed by atoms with Crippen LogP contribution in [-0.4, -0.2) is 24.2 Å². The van der Waals surface area contributed by atoms with Gasteiger partial charge in [-0.15, -0.1) is 0 Å². The van der Waals surface area contributed by atoms with E-state index in [4.69, 9.17) is 0 Å². The second kappa shape index (κ2) is 7.27. The fourth-order valence-corrected chi connectivity index (χ4v) is 1.48. The molecule has 0 aliphatic carbocycles. The van der Waals surface area contributed by atoms with E-state index in [9.17, 15) is 13.2 Å². The Morgan fingerprint density at radius 2 is 1.76 bits per heavy atom. The van der Waals surface area contributed by atoms with Gasteiger partial charge in [0.2, 0.25) is 0 Å². The zero-order valence-electron chi connectivity index (χ0n) is 9.63. The molecular formula is C12H17F3N2. The van der Waals surface area contributed by atoms with Crippen molar-refractivity contribution in [1.29, 1.82) is 0 Å². The molecule has 1 N–H and O–H groups in total. The fourth-order valence-electron chi connectivity index (χ4n) is 1.48. The Morgan fingerprint density at radius 1 is 1.06 bits per heavy atom. The lowest BCUT2D eigenvalue weighted by atomic mass is 10.2. The van der Waals surface area contributed by atoms with Crippen molar-refractivity contribution in [3.8, 4) is 0 Å². The number of hydrogen-bond acceptors (Lipinski definition) is 2. The molecule has 0 bridgehead atoms. The van der Waals surface area contributed by atoms with Gasteiger partial charge in [-0.25, -0.2) is 0 Å². The maximum Gasteiger partial charge on any atom is 0.389 e. The van der Waals surface area contributed by atoms with Gasteiger partial charge in [0.05, 0.1) is 0 Å². The first kappa shape index (κ1) is 14.0. The van der Waals surface area contributed by atoms with Gasteiger partial charge >= 0.3 is 6.18 Å². The summed E-state index contributed by atoms with van der Waals surface area (Å²) in [7, 11) is 0. The van der Waals surface area contributed by atoms with E-state index < -0.39 is 12.6 Å². The maximum absolute atomic E-state index is 11.8. The summed E-state index contributed by atoms with van der Waals surface area (Å²) in [6, 6.07) is 3.87. The van der Waals surface area contributed by atoms with Crippen molar-refractivity contribution >= 4 is 0 Å². The third kappa shape index (κ3) is 7.74. The first-order valence-electron chi connectivity index (χ1n) is 5.74.